The standard InChI is InChI=1S/C25H25FN2O4S/c1-17(2)32-22-11-6-19(7-12-22)25(29)27-21-10-5-18-4-3-15-28(24(18)16-21)33(30,31)23-13-8-20(26)9-14-23/h5-14,16-17H,3-4,15H2,1-2H3,(H,27,29). The molecule has 3 aromatic rings. The highest BCUT2D eigenvalue weighted by Gasteiger charge is 2.29. The summed E-state index contributed by atoms with van der Waals surface area (Å²) in [6.07, 6.45) is 1.44. The molecule has 172 valence electrons. The van der Waals surface area contributed by atoms with Crippen LogP contribution in [0.4, 0.5) is 15.8 Å². The maximum atomic E-state index is 13.3. The molecule has 6 nitrogen and oxygen atoms in total. The molecule has 1 aliphatic heterocycles. The van der Waals surface area contributed by atoms with Gasteiger partial charge in [0, 0.05) is 17.8 Å². The summed E-state index contributed by atoms with van der Waals surface area (Å²) in [6, 6.07) is 16.9. The molecule has 1 amide bonds. The summed E-state index contributed by atoms with van der Waals surface area (Å²) in [5, 5.41) is 2.84. The number of sulfonamides is 1. The van der Waals surface area contributed by atoms with Gasteiger partial charge in [0.05, 0.1) is 16.7 Å². The number of nitrogens with zero attached hydrogens (tertiary/aromatic N) is 1. The van der Waals surface area contributed by atoms with Crippen molar-refractivity contribution in [1.82, 2.24) is 0 Å². The lowest BCUT2D eigenvalue weighted by Gasteiger charge is -2.31. The lowest BCUT2D eigenvalue weighted by atomic mass is 10.0. The van der Waals surface area contributed by atoms with Crippen molar-refractivity contribution in [1.29, 1.82) is 0 Å². The van der Waals surface area contributed by atoms with E-state index < -0.39 is 15.8 Å². The number of anilines is 2. The number of hydrogen-bond acceptors (Lipinski definition) is 4. The van der Waals surface area contributed by atoms with Gasteiger partial charge in [0.15, 0.2) is 0 Å². The van der Waals surface area contributed by atoms with Gasteiger partial charge in [0.2, 0.25) is 0 Å². The zero-order chi connectivity index (χ0) is 23.6. The number of amides is 1. The van der Waals surface area contributed by atoms with Crippen LogP contribution < -0.4 is 14.4 Å². The molecular formula is C25H25FN2O4S. The van der Waals surface area contributed by atoms with Crippen molar-refractivity contribution in [3.63, 3.8) is 0 Å². The van der Waals surface area contributed by atoms with E-state index in [0.717, 1.165) is 24.1 Å². The van der Waals surface area contributed by atoms with Crippen molar-refractivity contribution in [2.75, 3.05) is 16.2 Å². The molecule has 0 spiro atoms. The van der Waals surface area contributed by atoms with Crippen LogP contribution in [0.15, 0.2) is 71.6 Å². The second-order valence-corrected chi connectivity index (χ2v) is 9.99. The average molecular weight is 469 g/mol. The molecule has 0 saturated heterocycles. The van der Waals surface area contributed by atoms with Crippen LogP contribution in [-0.2, 0) is 16.4 Å². The molecule has 0 radical (unpaired) electrons. The SMILES string of the molecule is CC(C)Oc1ccc(C(=O)Nc2ccc3c(c2)N(S(=O)(=O)c2ccc(F)cc2)CCC3)cc1. The number of halogens is 1. The molecule has 0 aromatic heterocycles. The molecule has 3 aromatic carbocycles. The highest BCUT2D eigenvalue weighted by atomic mass is 32.2. The van der Waals surface area contributed by atoms with E-state index in [4.69, 9.17) is 4.74 Å². The normalized spacial score (nSPS) is 13.5. The summed E-state index contributed by atoms with van der Waals surface area (Å²) in [5.41, 5.74) is 2.34. The third-order valence-electron chi connectivity index (χ3n) is 5.31. The minimum absolute atomic E-state index is 0.0231. The van der Waals surface area contributed by atoms with Crippen molar-refractivity contribution in [3.05, 3.63) is 83.7 Å². The molecule has 1 aliphatic rings. The molecule has 0 saturated carbocycles. The van der Waals surface area contributed by atoms with Crippen LogP contribution in [0.2, 0.25) is 0 Å². The summed E-state index contributed by atoms with van der Waals surface area (Å²) >= 11 is 0. The van der Waals surface area contributed by atoms with Crippen molar-refractivity contribution in [3.8, 4) is 5.75 Å². The summed E-state index contributed by atoms with van der Waals surface area (Å²) in [6.45, 7) is 4.16. The van der Waals surface area contributed by atoms with Crippen molar-refractivity contribution in [2.24, 2.45) is 0 Å². The maximum Gasteiger partial charge on any atom is 0.264 e. The van der Waals surface area contributed by atoms with Gasteiger partial charge in [-0.25, -0.2) is 12.8 Å². The van der Waals surface area contributed by atoms with E-state index in [1.54, 1.807) is 36.4 Å². The average Bonchev–Trinajstić information content (AvgIpc) is 2.79. The fourth-order valence-electron chi connectivity index (χ4n) is 3.76. The Balaban J connectivity index is 1.58. The van der Waals surface area contributed by atoms with Crippen molar-refractivity contribution < 1.29 is 22.3 Å². The van der Waals surface area contributed by atoms with Crippen LogP contribution in [0.1, 0.15) is 36.2 Å². The van der Waals surface area contributed by atoms with E-state index in [0.29, 0.717) is 35.7 Å². The number of ether oxygens (including phenoxy) is 1. The number of carbonyl (C=O) groups excluding carboxylic acids is 1. The first-order chi connectivity index (χ1) is 15.7. The van der Waals surface area contributed by atoms with Gasteiger partial charge in [-0.1, -0.05) is 6.07 Å². The molecule has 33 heavy (non-hydrogen) atoms. The van der Waals surface area contributed by atoms with Gasteiger partial charge >= 0.3 is 0 Å². The first kappa shape index (κ1) is 22.8. The molecule has 8 heteroatoms. The maximum absolute atomic E-state index is 13.3. The number of nitrogens with one attached hydrogen (secondary N) is 1. The van der Waals surface area contributed by atoms with E-state index in [1.807, 2.05) is 19.9 Å². The van der Waals surface area contributed by atoms with Gasteiger partial charge in [0.25, 0.3) is 15.9 Å². The molecule has 0 fully saturated rings. The topological polar surface area (TPSA) is 75.7 Å². The smallest absolute Gasteiger partial charge is 0.264 e. The summed E-state index contributed by atoms with van der Waals surface area (Å²) in [7, 11) is -3.86. The zero-order valence-electron chi connectivity index (χ0n) is 18.4. The molecule has 0 unspecified atom stereocenters. The van der Waals surface area contributed by atoms with Crippen LogP contribution in [-0.4, -0.2) is 27.0 Å². The minimum atomic E-state index is -3.86. The van der Waals surface area contributed by atoms with Crippen LogP contribution in [0.3, 0.4) is 0 Å². The lowest BCUT2D eigenvalue weighted by Crippen LogP contribution is -2.35. The van der Waals surface area contributed by atoms with Crippen LogP contribution >= 0.6 is 0 Å². The highest BCUT2D eigenvalue weighted by Crippen LogP contribution is 2.34. The molecule has 1 N–H and O–H groups in total. The van der Waals surface area contributed by atoms with E-state index in [-0.39, 0.29) is 16.9 Å². The second-order valence-electron chi connectivity index (χ2n) is 8.12. The summed E-state index contributed by atoms with van der Waals surface area (Å²) in [4.78, 5) is 12.8. The van der Waals surface area contributed by atoms with Gasteiger partial charge < -0.3 is 10.1 Å². The van der Waals surface area contributed by atoms with Crippen molar-refractivity contribution >= 4 is 27.3 Å². The number of rotatable bonds is 6. The Morgan fingerprint density at radius 2 is 1.73 bits per heavy atom. The molecule has 0 bridgehead atoms. The quantitative estimate of drug-likeness (QED) is 0.552. The highest BCUT2D eigenvalue weighted by molar-refractivity contribution is 7.92. The van der Waals surface area contributed by atoms with Gasteiger partial charge in [-0.3, -0.25) is 9.10 Å². The molecular weight excluding hydrogens is 443 g/mol. The zero-order valence-corrected chi connectivity index (χ0v) is 19.2. The minimum Gasteiger partial charge on any atom is -0.491 e. The predicted molar refractivity (Wildman–Crippen MR) is 126 cm³/mol. The Morgan fingerprint density at radius 3 is 2.39 bits per heavy atom. The molecule has 1 heterocycles. The van der Waals surface area contributed by atoms with Crippen LogP contribution in [0.5, 0.6) is 5.75 Å². The number of benzene rings is 3. The van der Waals surface area contributed by atoms with E-state index >= 15 is 0 Å². The van der Waals surface area contributed by atoms with Crippen molar-refractivity contribution in [2.45, 2.75) is 37.7 Å². The first-order valence-corrected chi connectivity index (χ1v) is 12.2. The fraction of sp³-hybridized carbons (Fsp3) is 0.240. The Kier molecular flexibility index (Phi) is 6.37. The Hall–Kier alpha value is -3.39. The Bertz CT molecular complexity index is 1260. The predicted octanol–water partition coefficient (Wildman–Crippen LogP) is 5.01. The Morgan fingerprint density at radius 1 is 1.03 bits per heavy atom. The largest absolute Gasteiger partial charge is 0.491 e. The third-order valence-corrected chi connectivity index (χ3v) is 7.14. The van der Waals surface area contributed by atoms with Gasteiger partial charge in [0.1, 0.15) is 11.6 Å². The van der Waals surface area contributed by atoms with E-state index in [1.165, 1.54) is 16.4 Å². The molecule has 0 aliphatic carbocycles. The monoisotopic (exact) mass is 468 g/mol. The number of aryl methyl sites for hydroxylation is 1. The van der Waals surface area contributed by atoms with Gasteiger partial charge in [-0.15, -0.1) is 0 Å². The lowest BCUT2D eigenvalue weighted by molar-refractivity contribution is 0.102. The third kappa shape index (κ3) is 5.01. The first-order valence-electron chi connectivity index (χ1n) is 10.7. The Labute approximate surface area is 193 Å². The van der Waals surface area contributed by atoms with Gasteiger partial charge in [-0.05, 0) is 92.9 Å². The number of carbonyl (C=O) groups is 1. The number of hydrogen-bond donors (Lipinski definition) is 1. The fourth-order valence-corrected chi connectivity index (χ4v) is 5.30. The van der Waals surface area contributed by atoms with E-state index in [2.05, 4.69) is 5.32 Å². The van der Waals surface area contributed by atoms with E-state index in [9.17, 15) is 17.6 Å². The summed E-state index contributed by atoms with van der Waals surface area (Å²) < 4.78 is 46.7. The summed E-state index contributed by atoms with van der Waals surface area (Å²) in [5.74, 6) is -0.131. The number of fused-ring (bicyclic) bond motifs is 1. The molecule has 0 atom stereocenters. The van der Waals surface area contributed by atoms with Gasteiger partial charge in [-0.2, -0.15) is 0 Å². The van der Waals surface area contributed by atoms with Crippen LogP contribution in [0, 0.1) is 5.82 Å². The van der Waals surface area contributed by atoms with Crippen LogP contribution in [0.25, 0.3) is 0 Å². The second kappa shape index (κ2) is 9.23. The molecule has 4 rings (SSSR count).